The monoisotopic (exact) mass is 337 g/mol. The number of rotatable bonds is 6. The number of aromatic nitrogens is 1. The maximum absolute atomic E-state index is 10.9. The summed E-state index contributed by atoms with van der Waals surface area (Å²) in [5.74, 6) is 5.06. The van der Waals surface area contributed by atoms with Crippen LogP contribution in [0.4, 0.5) is 0 Å². The van der Waals surface area contributed by atoms with Gasteiger partial charge in [0.15, 0.2) is 0 Å². The Morgan fingerprint density at radius 3 is 2.48 bits per heavy atom. The third-order valence-electron chi connectivity index (χ3n) is 4.01. The van der Waals surface area contributed by atoms with Crippen molar-refractivity contribution in [2.45, 2.75) is 47.5 Å². The largest absolute Gasteiger partial charge is 0.478 e. The van der Waals surface area contributed by atoms with Crippen LogP contribution >= 0.6 is 0 Å². The number of aromatic carboxylic acids is 1. The summed E-state index contributed by atoms with van der Waals surface area (Å²) < 4.78 is 0. The van der Waals surface area contributed by atoms with Gasteiger partial charge in [0.05, 0.1) is 5.56 Å². The highest BCUT2D eigenvalue weighted by Gasteiger charge is 2.21. The Bertz CT molecular complexity index is 749. The van der Waals surface area contributed by atoms with Gasteiger partial charge in [0, 0.05) is 11.8 Å². The van der Waals surface area contributed by atoms with Crippen LogP contribution in [0.3, 0.4) is 0 Å². The van der Waals surface area contributed by atoms with E-state index in [1.54, 1.807) is 12.1 Å². The van der Waals surface area contributed by atoms with Crippen LogP contribution in [0.2, 0.25) is 0 Å². The van der Waals surface area contributed by atoms with Crippen molar-refractivity contribution in [3.63, 3.8) is 0 Å². The lowest BCUT2D eigenvalue weighted by atomic mass is 9.77. The van der Waals surface area contributed by atoms with Gasteiger partial charge in [-0.3, -0.25) is 0 Å². The average molecular weight is 337 g/mol. The van der Waals surface area contributed by atoms with Crippen LogP contribution in [0.25, 0.3) is 0 Å². The van der Waals surface area contributed by atoms with Gasteiger partial charge in [0.2, 0.25) is 0 Å². The molecule has 0 fully saturated rings. The van der Waals surface area contributed by atoms with Gasteiger partial charge in [-0.05, 0) is 55.4 Å². The normalized spacial score (nSPS) is 11.3. The maximum Gasteiger partial charge on any atom is 0.337 e. The zero-order chi connectivity index (χ0) is 19.0. The Hall–Kier alpha value is -2.60. The second-order valence-electron chi connectivity index (χ2n) is 6.84. The highest BCUT2D eigenvalue weighted by molar-refractivity contribution is 5.87. The van der Waals surface area contributed by atoms with Crippen LogP contribution in [0.5, 0.6) is 0 Å². The molecule has 0 saturated carbocycles. The van der Waals surface area contributed by atoms with Gasteiger partial charge in [-0.1, -0.05) is 51.3 Å². The predicted octanol–water partition coefficient (Wildman–Crippen LogP) is 5.41. The van der Waals surface area contributed by atoms with E-state index in [4.69, 9.17) is 5.11 Å². The molecule has 0 bridgehead atoms. The van der Waals surface area contributed by atoms with Gasteiger partial charge < -0.3 is 5.11 Å². The number of carboxylic acid groups (broad SMARTS) is 1. The highest BCUT2D eigenvalue weighted by atomic mass is 16.4. The molecule has 0 saturated heterocycles. The summed E-state index contributed by atoms with van der Waals surface area (Å²) in [7, 11) is 0. The van der Waals surface area contributed by atoms with Gasteiger partial charge in [0.1, 0.15) is 5.69 Å². The molecule has 0 aliphatic heterocycles. The molecule has 25 heavy (non-hydrogen) atoms. The van der Waals surface area contributed by atoms with Crippen molar-refractivity contribution >= 4 is 5.97 Å². The van der Waals surface area contributed by atoms with Gasteiger partial charge in [-0.15, -0.1) is 0 Å². The summed E-state index contributed by atoms with van der Waals surface area (Å²) >= 11 is 0. The lowest BCUT2D eigenvalue weighted by molar-refractivity contribution is 0.0696. The second kappa shape index (κ2) is 9.03. The lowest BCUT2D eigenvalue weighted by Gasteiger charge is -2.27. The van der Waals surface area contributed by atoms with Gasteiger partial charge >= 0.3 is 5.97 Å². The first-order chi connectivity index (χ1) is 11.7. The number of carbonyl (C=O) groups is 1. The van der Waals surface area contributed by atoms with E-state index >= 15 is 0 Å². The second-order valence-corrected chi connectivity index (χ2v) is 6.84. The minimum absolute atomic E-state index is 0.0743. The quantitative estimate of drug-likeness (QED) is 0.558. The molecule has 132 valence electrons. The molecule has 0 amide bonds. The minimum Gasteiger partial charge on any atom is -0.478 e. The molecule has 1 rings (SSSR count). The van der Waals surface area contributed by atoms with Crippen LogP contribution in [0.15, 0.2) is 53.8 Å². The van der Waals surface area contributed by atoms with Crippen LogP contribution in [-0.4, -0.2) is 16.1 Å². The zero-order valence-corrected chi connectivity index (χ0v) is 15.8. The van der Waals surface area contributed by atoms with Crippen molar-refractivity contribution in [1.82, 2.24) is 4.98 Å². The number of nitrogens with zero attached hydrogens (tertiary/aromatic N) is 1. The number of carboxylic acids is 1. The molecule has 1 aromatic heterocycles. The number of allylic oxidation sites excluding steroid dienone is 5. The smallest absolute Gasteiger partial charge is 0.337 e. The van der Waals surface area contributed by atoms with E-state index in [1.165, 1.54) is 23.4 Å². The summed E-state index contributed by atoms with van der Waals surface area (Å²) in [4.78, 5) is 14.9. The molecule has 0 atom stereocenters. The average Bonchev–Trinajstić information content (AvgIpc) is 2.54. The van der Waals surface area contributed by atoms with Crippen molar-refractivity contribution in [3.8, 4) is 11.8 Å². The fourth-order valence-corrected chi connectivity index (χ4v) is 2.81. The van der Waals surface area contributed by atoms with E-state index < -0.39 is 5.97 Å². The summed E-state index contributed by atoms with van der Waals surface area (Å²) in [6.45, 7) is 14.8. The Kier molecular flexibility index (Phi) is 7.39. The Labute approximate surface area is 151 Å². The Balaban J connectivity index is 3.17. The lowest BCUT2D eigenvalue weighted by Crippen LogP contribution is -2.14. The third kappa shape index (κ3) is 6.08. The van der Waals surface area contributed by atoms with Crippen molar-refractivity contribution in [1.29, 1.82) is 0 Å². The van der Waals surface area contributed by atoms with Gasteiger partial charge in [0.25, 0.3) is 0 Å². The Morgan fingerprint density at radius 1 is 1.36 bits per heavy atom. The molecule has 0 aliphatic rings. The maximum atomic E-state index is 10.9. The van der Waals surface area contributed by atoms with E-state index in [9.17, 15) is 4.79 Å². The standard InChI is InChI=1S/C22H27NO2/c1-7-13-22(5,6)20(16(3)4)14-17(8-2)9-11-19-12-10-18(15-23-19)21(24)25/h8,10,12,14-15H,2,7,13H2,1,3-6H3,(H,24,25)/b17-14+. The van der Waals surface area contributed by atoms with Crippen LogP contribution in [0, 0.1) is 17.3 Å². The zero-order valence-electron chi connectivity index (χ0n) is 15.8. The third-order valence-corrected chi connectivity index (χ3v) is 4.01. The first kappa shape index (κ1) is 20.4. The Morgan fingerprint density at radius 2 is 2.04 bits per heavy atom. The molecule has 0 spiro atoms. The molecular weight excluding hydrogens is 310 g/mol. The van der Waals surface area contributed by atoms with Crippen molar-refractivity contribution < 1.29 is 9.90 Å². The number of hydrogen-bond acceptors (Lipinski definition) is 2. The van der Waals surface area contributed by atoms with Crippen LogP contribution in [-0.2, 0) is 0 Å². The van der Waals surface area contributed by atoms with Crippen LogP contribution < -0.4 is 0 Å². The summed E-state index contributed by atoms with van der Waals surface area (Å²) in [6.07, 6.45) is 7.36. The van der Waals surface area contributed by atoms with E-state index in [2.05, 4.69) is 64.1 Å². The predicted molar refractivity (Wildman–Crippen MR) is 103 cm³/mol. The summed E-state index contributed by atoms with van der Waals surface area (Å²) in [5.41, 5.74) is 4.12. The number of pyridine rings is 1. The van der Waals surface area contributed by atoms with Crippen LogP contribution in [0.1, 0.15) is 63.5 Å². The fourth-order valence-electron chi connectivity index (χ4n) is 2.81. The molecule has 1 N–H and O–H groups in total. The summed E-state index contributed by atoms with van der Waals surface area (Å²) in [6, 6.07) is 3.11. The molecule has 0 aromatic carbocycles. The molecule has 0 aliphatic carbocycles. The summed E-state index contributed by atoms with van der Waals surface area (Å²) in [5, 5.41) is 8.90. The molecule has 0 radical (unpaired) electrons. The molecule has 3 nitrogen and oxygen atoms in total. The first-order valence-electron chi connectivity index (χ1n) is 8.44. The van der Waals surface area contributed by atoms with E-state index in [1.807, 2.05) is 0 Å². The molecule has 1 aromatic rings. The van der Waals surface area contributed by atoms with Gasteiger partial charge in [-0.25, -0.2) is 9.78 Å². The molecule has 0 unspecified atom stereocenters. The van der Waals surface area contributed by atoms with Crippen molar-refractivity contribution in [2.24, 2.45) is 5.41 Å². The topological polar surface area (TPSA) is 50.2 Å². The minimum atomic E-state index is -0.995. The fraction of sp³-hybridized carbons (Fsp3) is 0.364. The van der Waals surface area contributed by atoms with Crippen molar-refractivity contribution in [3.05, 3.63) is 65.0 Å². The van der Waals surface area contributed by atoms with E-state index in [0.29, 0.717) is 5.69 Å². The first-order valence-corrected chi connectivity index (χ1v) is 8.44. The highest BCUT2D eigenvalue weighted by Crippen LogP contribution is 2.35. The van der Waals surface area contributed by atoms with E-state index in [0.717, 1.165) is 18.4 Å². The van der Waals surface area contributed by atoms with Gasteiger partial charge in [-0.2, -0.15) is 0 Å². The van der Waals surface area contributed by atoms with Crippen molar-refractivity contribution in [2.75, 3.05) is 0 Å². The molecule has 1 heterocycles. The van der Waals surface area contributed by atoms with E-state index in [-0.39, 0.29) is 11.0 Å². The SMILES string of the molecule is C=C/C(C#Cc1ccc(C(=O)O)cn1)=C\C(=C(C)C)C(C)(C)CCC. The molecule has 3 heteroatoms. The number of hydrogen-bond donors (Lipinski definition) is 1. The molecular formula is C22H27NO2.